The Bertz CT molecular complexity index is 933. The number of carbonyl (C=O) groups excluding carboxylic acids is 1. The molecule has 0 amide bonds. The minimum Gasteiger partial charge on any atom is -0.543 e. The molecule has 7 heteroatoms. The van der Waals surface area contributed by atoms with Gasteiger partial charge in [-0.3, -0.25) is 4.98 Å². The Balaban J connectivity index is 0.00000261. The summed E-state index contributed by atoms with van der Waals surface area (Å²) in [6, 6.07) is 17.5. The van der Waals surface area contributed by atoms with E-state index in [0.717, 1.165) is 11.1 Å². The van der Waals surface area contributed by atoms with E-state index < -0.39 is 5.97 Å². The van der Waals surface area contributed by atoms with Gasteiger partial charge in [0.1, 0.15) is 12.4 Å². The van der Waals surface area contributed by atoms with Gasteiger partial charge in [-0.15, -0.1) is 0 Å². The summed E-state index contributed by atoms with van der Waals surface area (Å²) in [5, 5.41) is 12.2. The van der Waals surface area contributed by atoms with Crippen molar-refractivity contribution in [2.75, 3.05) is 0 Å². The smallest absolute Gasteiger partial charge is 0.543 e. The normalized spacial score (nSPS) is 10.1. The first kappa shape index (κ1) is 21.7. The fourth-order valence-corrected chi connectivity index (χ4v) is 2.78. The number of carboxylic acid groups (broad SMARTS) is 1. The van der Waals surface area contributed by atoms with Crippen molar-refractivity contribution >= 4 is 29.2 Å². The molecular weight excluding hydrogens is 396 g/mol. The zero-order chi connectivity index (χ0) is 18.5. The summed E-state index contributed by atoms with van der Waals surface area (Å²) in [5.41, 5.74) is 2.28. The summed E-state index contributed by atoms with van der Waals surface area (Å²) < 4.78 is 5.91. The molecule has 0 atom stereocenters. The Morgan fingerprint density at radius 2 is 1.70 bits per heavy atom. The molecule has 0 spiro atoms. The molecule has 4 nitrogen and oxygen atoms in total. The molecule has 132 valence electrons. The van der Waals surface area contributed by atoms with Gasteiger partial charge in [-0.1, -0.05) is 41.4 Å². The van der Waals surface area contributed by atoms with Crippen molar-refractivity contribution in [3.63, 3.8) is 0 Å². The third-order valence-corrected chi connectivity index (χ3v) is 4.20. The second kappa shape index (κ2) is 10.1. The quantitative estimate of drug-likeness (QED) is 0.568. The number of aromatic carboxylic acids is 1. The molecule has 0 aliphatic heterocycles. The third-order valence-electron chi connectivity index (χ3n) is 3.72. The number of hydrogen-bond acceptors (Lipinski definition) is 4. The molecule has 3 rings (SSSR count). The van der Waals surface area contributed by atoms with Crippen LogP contribution in [0, 0.1) is 0 Å². The summed E-state index contributed by atoms with van der Waals surface area (Å²) in [4.78, 5) is 15.1. The fourth-order valence-electron chi connectivity index (χ4n) is 2.46. The van der Waals surface area contributed by atoms with Crippen molar-refractivity contribution in [2.24, 2.45) is 0 Å². The molecule has 2 aromatic carbocycles. The Labute approximate surface area is 189 Å². The van der Waals surface area contributed by atoms with E-state index in [2.05, 4.69) is 4.98 Å². The van der Waals surface area contributed by atoms with E-state index in [1.54, 1.807) is 42.5 Å². The van der Waals surface area contributed by atoms with Crippen LogP contribution in [0.1, 0.15) is 27.3 Å². The summed E-state index contributed by atoms with van der Waals surface area (Å²) in [6.07, 6.45) is 0.387. The predicted molar refractivity (Wildman–Crippen MR) is 98.6 cm³/mol. The summed E-state index contributed by atoms with van der Waals surface area (Å²) in [5.74, 6) is -0.651. The first-order valence-electron chi connectivity index (χ1n) is 7.84. The molecular formula is C20H14Cl2NNaO3. The zero-order valence-corrected chi connectivity index (χ0v) is 18.1. The van der Waals surface area contributed by atoms with Crippen LogP contribution in [0.3, 0.4) is 0 Å². The molecule has 0 fully saturated rings. The summed E-state index contributed by atoms with van der Waals surface area (Å²) in [6.45, 7) is 0.373. The van der Waals surface area contributed by atoms with Crippen LogP contribution >= 0.6 is 23.2 Å². The number of rotatable bonds is 6. The third kappa shape index (κ3) is 6.23. The number of carboxylic acids is 1. The Kier molecular flexibility index (Phi) is 8.14. The van der Waals surface area contributed by atoms with Crippen LogP contribution in [0.15, 0.2) is 60.7 Å². The fraction of sp³-hybridized carbons (Fsp3) is 0.100. The summed E-state index contributed by atoms with van der Waals surface area (Å²) >= 11 is 12.0. The van der Waals surface area contributed by atoms with E-state index in [1.807, 2.05) is 12.1 Å². The van der Waals surface area contributed by atoms with Crippen molar-refractivity contribution < 1.29 is 44.2 Å². The number of pyridine rings is 1. The predicted octanol–water partition coefficient (Wildman–Crippen LogP) is 0.926. The molecule has 0 saturated heterocycles. The van der Waals surface area contributed by atoms with E-state index in [-0.39, 0.29) is 35.3 Å². The topological polar surface area (TPSA) is 62.2 Å². The molecule has 0 aliphatic carbocycles. The van der Waals surface area contributed by atoms with Crippen molar-refractivity contribution in [1.29, 1.82) is 0 Å². The van der Waals surface area contributed by atoms with Crippen LogP contribution < -0.4 is 39.4 Å². The van der Waals surface area contributed by atoms with Gasteiger partial charge < -0.3 is 14.6 Å². The van der Waals surface area contributed by atoms with E-state index in [4.69, 9.17) is 27.9 Å². The van der Waals surface area contributed by atoms with E-state index in [0.29, 0.717) is 34.5 Å². The van der Waals surface area contributed by atoms with Crippen molar-refractivity contribution in [3.05, 3.63) is 93.2 Å². The monoisotopic (exact) mass is 409 g/mol. The molecule has 0 bridgehead atoms. The second-order valence-electron chi connectivity index (χ2n) is 5.65. The standard InChI is InChI=1S/C20H15Cl2NO3.Na/c21-15-6-4-13(5-7-15)12-26-19-9-8-16(22)10-14(19)11-17-2-1-3-18(23-17)20(24)25;/h1-10H,11-12H2,(H,24,25);/q;+1/p-1. The number of halogens is 2. The maximum absolute atomic E-state index is 11.0. The van der Waals surface area contributed by atoms with Gasteiger partial charge in [0.2, 0.25) is 0 Å². The number of nitrogens with zero attached hydrogens (tertiary/aromatic N) is 1. The van der Waals surface area contributed by atoms with Crippen molar-refractivity contribution in [3.8, 4) is 5.75 Å². The molecule has 3 aromatic rings. The number of aromatic nitrogens is 1. The molecule has 27 heavy (non-hydrogen) atoms. The molecule has 1 heterocycles. The average Bonchev–Trinajstić information content (AvgIpc) is 2.63. The SMILES string of the molecule is O=C([O-])c1cccc(Cc2cc(Cl)ccc2OCc2ccc(Cl)cc2)n1.[Na+]. The van der Waals surface area contributed by atoms with Crippen LogP contribution in [0.25, 0.3) is 0 Å². The molecule has 0 aliphatic rings. The van der Waals surface area contributed by atoms with Gasteiger partial charge in [-0.2, -0.15) is 0 Å². The number of carbonyl (C=O) groups is 1. The summed E-state index contributed by atoms with van der Waals surface area (Å²) in [7, 11) is 0. The van der Waals surface area contributed by atoms with Crippen molar-refractivity contribution in [1.82, 2.24) is 4.98 Å². The van der Waals surface area contributed by atoms with Crippen LogP contribution in [0.5, 0.6) is 5.75 Å². The number of ether oxygens (including phenoxy) is 1. The minimum atomic E-state index is -1.31. The second-order valence-corrected chi connectivity index (χ2v) is 6.52. The van der Waals surface area contributed by atoms with Gasteiger partial charge in [0.15, 0.2) is 0 Å². The van der Waals surface area contributed by atoms with Gasteiger partial charge in [0.25, 0.3) is 0 Å². The van der Waals surface area contributed by atoms with Crippen LogP contribution in [0.4, 0.5) is 0 Å². The van der Waals surface area contributed by atoms with Crippen molar-refractivity contribution in [2.45, 2.75) is 13.0 Å². The number of hydrogen-bond donors (Lipinski definition) is 0. The average molecular weight is 410 g/mol. The van der Waals surface area contributed by atoms with Gasteiger partial charge in [-0.05, 0) is 48.0 Å². The first-order chi connectivity index (χ1) is 12.5. The minimum absolute atomic E-state index is 0. The molecule has 0 saturated carbocycles. The van der Waals surface area contributed by atoms with Gasteiger partial charge in [0, 0.05) is 27.7 Å². The van der Waals surface area contributed by atoms with Gasteiger partial charge in [0.05, 0.1) is 11.7 Å². The molecule has 0 N–H and O–H groups in total. The molecule has 0 unspecified atom stereocenters. The maximum Gasteiger partial charge on any atom is 1.00 e. The Morgan fingerprint density at radius 3 is 2.41 bits per heavy atom. The molecule has 0 radical (unpaired) electrons. The zero-order valence-electron chi connectivity index (χ0n) is 14.6. The van der Waals surface area contributed by atoms with E-state index >= 15 is 0 Å². The van der Waals surface area contributed by atoms with Crippen LogP contribution in [-0.2, 0) is 13.0 Å². The largest absolute Gasteiger partial charge is 1.00 e. The molecule has 1 aromatic heterocycles. The first-order valence-corrected chi connectivity index (χ1v) is 8.60. The Hall–Kier alpha value is -1.56. The van der Waals surface area contributed by atoms with Crippen LogP contribution in [-0.4, -0.2) is 11.0 Å². The van der Waals surface area contributed by atoms with E-state index in [9.17, 15) is 9.90 Å². The Morgan fingerprint density at radius 1 is 1.00 bits per heavy atom. The van der Waals surface area contributed by atoms with Gasteiger partial charge >= 0.3 is 29.6 Å². The van der Waals surface area contributed by atoms with Crippen LogP contribution in [0.2, 0.25) is 10.0 Å². The number of benzene rings is 2. The van der Waals surface area contributed by atoms with E-state index in [1.165, 1.54) is 6.07 Å². The van der Waals surface area contributed by atoms with Gasteiger partial charge in [-0.25, -0.2) is 0 Å². The maximum atomic E-state index is 11.0.